The highest BCUT2D eigenvalue weighted by atomic mass is 16.5. The van der Waals surface area contributed by atoms with Crippen molar-refractivity contribution >= 4 is 5.91 Å². The first-order valence-corrected chi connectivity index (χ1v) is 6.81. The van der Waals surface area contributed by atoms with Gasteiger partial charge in [0.1, 0.15) is 0 Å². The van der Waals surface area contributed by atoms with Crippen LogP contribution in [-0.2, 0) is 9.53 Å². The third kappa shape index (κ3) is 3.19. The highest BCUT2D eigenvalue weighted by Crippen LogP contribution is 2.20. The molecule has 2 aliphatic heterocycles. The molecule has 1 amide bonds. The normalized spacial score (nSPS) is 34.7. The lowest BCUT2D eigenvalue weighted by atomic mass is 9.90. The van der Waals surface area contributed by atoms with Crippen molar-refractivity contribution in [2.75, 3.05) is 32.8 Å². The molecule has 2 heterocycles. The van der Waals surface area contributed by atoms with Crippen LogP contribution in [0.25, 0.3) is 0 Å². The summed E-state index contributed by atoms with van der Waals surface area (Å²) in [6.45, 7) is 8.45. The largest absolute Gasteiger partial charge is 0.375 e. The van der Waals surface area contributed by atoms with Crippen LogP contribution in [0.1, 0.15) is 26.7 Å². The van der Waals surface area contributed by atoms with Crippen LogP contribution < -0.4 is 5.32 Å². The van der Waals surface area contributed by atoms with E-state index in [-0.39, 0.29) is 12.0 Å². The molecule has 0 aromatic rings. The van der Waals surface area contributed by atoms with Crippen molar-refractivity contribution in [3.05, 3.63) is 0 Å². The van der Waals surface area contributed by atoms with Gasteiger partial charge in [-0.05, 0) is 25.3 Å². The number of nitrogens with zero attached hydrogens (tertiary/aromatic N) is 1. The number of rotatable bonds is 2. The molecule has 0 bridgehead atoms. The van der Waals surface area contributed by atoms with E-state index in [2.05, 4.69) is 19.2 Å². The predicted molar refractivity (Wildman–Crippen MR) is 66.8 cm³/mol. The summed E-state index contributed by atoms with van der Waals surface area (Å²) >= 11 is 0. The van der Waals surface area contributed by atoms with Gasteiger partial charge in [-0.1, -0.05) is 13.8 Å². The average Bonchev–Trinajstić information content (AvgIpc) is 2.38. The fraction of sp³-hybridized carbons (Fsp3) is 0.923. The minimum atomic E-state index is 0.175. The molecular formula is C13H24N2O2. The number of hydrogen-bond acceptors (Lipinski definition) is 3. The van der Waals surface area contributed by atoms with Crippen LogP contribution in [0.4, 0.5) is 0 Å². The fourth-order valence-corrected chi connectivity index (χ4v) is 2.77. The Morgan fingerprint density at radius 1 is 1.47 bits per heavy atom. The zero-order valence-electron chi connectivity index (χ0n) is 10.9. The van der Waals surface area contributed by atoms with E-state index in [0.29, 0.717) is 18.4 Å². The minimum Gasteiger partial charge on any atom is -0.375 e. The first kappa shape index (κ1) is 12.8. The number of nitrogens with one attached hydrogen (secondary N) is 1. The van der Waals surface area contributed by atoms with Crippen LogP contribution in [-0.4, -0.2) is 49.7 Å². The van der Waals surface area contributed by atoms with E-state index in [4.69, 9.17) is 4.74 Å². The van der Waals surface area contributed by atoms with Crippen molar-refractivity contribution in [2.24, 2.45) is 11.8 Å². The molecule has 4 nitrogen and oxygen atoms in total. The highest BCUT2D eigenvalue weighted by Gasteiger charge is 2.31. The highest BCUT2D eigenvalue weighted by molar-refractivity contribution is 5.79. The van der Waals surface area contributed by atoms with Crippen molar-refractivity contribution in [3.63, 3.8) is 0 Å². The first-order chi connectivity index (χ1) is 8.20. The van der Waals surface area contributed by atoms with E-state index in [1.807, 2.05) is 4.90 Å². The van der Waals surface area contributed by atoms with E-state index in [1.54, 1.807) is 0 Å². The van der Waals surface area contributed by atoms with Crippen LogP contribution >= 0.6 is 0 Å². The van der Waals surface area contributed by atoms with Crippen molar-refractivity contribution in [2.45, 2.75) is 32.8 Å². The van der Waals surface area contributed by atoms with E-state index in [1.165, 1.54) is 0 Å². The van der Waals surface area contributed by atoms with Gasteiger partial charge in [0.15, 0.2) is 0 Å². The topological polar surface area (TPSA) is 41.6 Å². The molecule has 17 heavy (non-hydrogen) atoms. The molecule has 0 aromatic heterocycles. The van der Waals surface area contributed by atoms with Gasteiger partial charge in [-0.3, -0.25) is 4.79 Å². The summed E-state index contributed by atoms with van der Waals surface area (Å²) in [6.07, 6.45) is 2.25. The maximum absolute atomic E-state index is 12.4. The summed E-state index contributed by atoms with van der Waals surface area (Å²) in [5.41, 5.74) is 0. The molecule has 2 aliphatic rings. The molecule has 0 radical (unpaired) electrons. The predicted octanol–water partition coefficient (Wildman–Crippen LogP) is 0.869. The number of piperidine rings is 1. The van der Waals surface area contributed by atoms with Crippen LogP contribution in [0, 0.1) is 11.8 Å². The van der Waals surface area contributed by atoms with Crippen molar-refractivity contribution < 1.29 is 9.53 Å². The van der Waals surface area contributed by atoms with Crippen LogP contribution in [0.2, 0.25) is 0 Å². The van der Waals surface area contributed by atoms with Crippen LogP contribution in [0.3, 0.4) is 0 Å². The molecule has 2 fully saturated rings. The van der Waals surface area contributed by atoms with Crippen LogP contribution in [0.5, 0.6) is 0 Å². The summed E-state index contributed by atoms with van der Waals surface area (Å²) in [5, 5.41) is 3.35. The fourth-order valence-electron chi connectivity index (χ4n) is 2.77. The number of morpholine rings is 1. The third-order valence-electron chi connectivity index (χ3n) is 3.83. The number of hydrogen-bond donors (Lipinski definition) is 1. The lowest BCUT2D eigenvalue weighted by Gasteiger charge is -2.36. The quantitative estimate of drug-likeness (QED) is 0.778. The summed E-state index contributed by atoms with van der Waals surface area (Å²) in [4.78, 5) is 14.4. The van der Waals surface area contributed by atoms with Gasteiger partial charge in [-0.25, -0.2) is 0 Å². The maximum atomic E-state index is 12.4. The van der Waals surface area contributed by atoms with E-state index >= 15 is 0 Å². The van der Waals surface area contributed by atoms with Crippen molar-refractivity contribution in [3.8, 4) is 0 Å². The van der Waals surface area contributed by atoms with Gasteiger partial charge in [-0.2, -0.15) is 0 Å². The number of ether oxygens (including phenoxy) is 1. The van der Waals surface area contributed by atoms with Gasteiger partial charge < -0.3 is 15.0 Å². The lowest BCUT2D eigenvalue weighted by Crippen LogP contribution is -2.51. The molecule has 0 aliphatic carbocycles. The summed E-state index contributed by atoms with van der Waals surface area (Å²) < 4.78 is 5.61. The summed E-state index contributed by atoms with van der Waals surface area (Å²) in [5.74, 6) is 1.11. The van der Waals surface area contributed by atoms with Gasteiger partial charge in [0.2, 0.25) is 5.91 Å². The molecule has 0 aromatic carbocycles. The summed E-state index contributed by atoms with van der Waals surface area (Å²) in [6, 6.07) is 0. The monoisotopic (exact) mass is 240 g/mol. The Bertz CT molecular complexity index is 270. The zero-order valence-corrected chi connectivity index (χ0v) is 10.9. The minimum absolute atomic E-state index is 0.175. The molecule has 98 valence electrons. The van der Waals surface area contributed by atoms with Gasteiger partial charge >= 0.3 is 0 Å². The second-order valence-electron chi connectivity index (χ2n) is 5.38. The second-order valence-corrected chi connectivity index (χ2v) is 5.38. The number of carbonyl (C=O) groups excluding carboxylic acids is 1. The molecule has 0 spiro atoms. The zero-order chi connectivity index (χ0) is 12.3. The molecule has 4 heteroatoms. The molecule has 2 saturated heterocycles. The van der Waals surface area contributed by atoms with Crippen molar-refractivity contribution in [1.29, 1.82) is 0 Å². The average molecular weight is 240 g/mol. The Morgan fingerprint density at radius 2 is 2.29 bits per heavy atom. The summed E-state index contributed by atoms with van der Waals surface area (Å²) in [7, 11) is 0. The Labute approximate surface area is 104 Å². The maximum Gasteiger partial charge on any atom is 0.227 e. The molecule has 0 saturated carbocycles. The van der Waals surface area contributed by atoms with Gasteiger partial charge in [0.25, 0.3) is 0 Å². The first-order valence-electron chi connectivity index (χ1n) is 6.81. The standard InChI is InChI=1S/C13H24N2O2/c1-3-12-9-15(4-5-17-12)13(16)11-6-10(2)7-14-8-11/h10-12,14H,3-9H2,1-2H3. The van der Waals surface area contributed by atoms with Crippen molar-refractivity contribution in [1.82, 2.24) is 10.2 Å². The molecule has 3 unspecified atom stereocenters. The number of carbonyl (C=O) groups is 1. The Morgan fingerprint density at radius 3 is 3.00 bits per heavy atom. The van der Waals surface area contributed by atoms with Gasteiger partial charge in [0, 0.05) is 19.6 Å². The SMILES string of the molecule is CCC1CN(C(=O)C2CNCC(C)C2)CCO1. The van der Waals surface area contributed by atoms with E-state index in [0.717, 1.165) is 39.0 Å². The Kier molecular flexibility index (Phi) is 4.40. The van der Waals surface area contributed by atoms with Gasteiger partial charge in [-0.15, -0.1) is 0 Å². The number of amides is 1. The van der Waals surface area contributed by atoms with Gasteiger partial charge in [0.05, 0.1) is 18.6 Å². The molecular weight excluding hydrogens is 216 g/mol. The molecule has 3 atom stereocenters. The second kappa shape index (κ2) is 5.83. The lowest BCUT2D eigenvalue weighted by molar-refractivity contribution is -0.144. The Hall–Kier alpha value is -0.610. The molecule has 1 N–H and O–H groups in total. The smallest absolute Gasteiger partial charge is 0.227 e. The third-order valence-corrected chi connectivity index (χ3v) is 3.83. The Balaban J connectivity index is 1.89. The van der Waals surface area contributed by atoms with Crippen LogP contribution in [0.15, 0.2) is 0 Å². The van der Waals surface area contributed by atoms with E-state index in [9.17, 15) is 4.79 Å². The van der Waals surface area contributed by atoms with E-state index < -0.39 is 0 Å². The molecule has 2 rings (SSSR count).